The van der Waals surface area contributed by atoms with Crippen molar-refractivity contribution in [3.63, 3.8) is 0 Å². The van der Waals surface area contributed by atoms with Crippen LogP contribution in [0.4, 0.5) is 4.39 Å². The monoisotopic (exact) mass is 316 g/mol. The van der Waals surface area contributed by atoms with Crippen molar-refractivity contribution in [3.8, 4) is 0 Å². The van der Waals surface area contributed by atoms with Crippen LogP contribution in [0.1, 0.15) is 45.1 Å². The number of benzene rings is 1. The predicted octanol–water partition coefficient (Wildman–Crippen LogP) is 4.71. The van der Waals surface area contributed by atoms with E-state index in [-0.39, 0.29) is 17.8 Å². The van der Waals surface area contributed by atoms with E-state index in [0.29, 0.717) is 0 Å². The summed E-state index contributed by atoms with van der Waals surface area (Å²) in [5, 5.41) is 9.70. The first-order chi connectivity index (χ1) is 8.55. The largest absolute Gasteiger partial charge is 0.396 e. The summed E-state index contributed by atoms with van der Waals surface area (Å²) in [6, 6.07) is 4.97. The Hall–Kier alpha value is -0.410. The van der Waals surface area contributed by atoms with Crippen molar-refractivity contribution in [1.29, 1.82) is 0 Å². The zero-order chi connectivity index (χ0) is 13.6. The van der Waals surface area contributed by atoms with Crippen LogP contribution >= 0.6 is 15.9 Å². The second-order valence-corrected chi connectivity index (χ2v) is 5.99. The van der Waals surface area contributed by atoms with Crippen molar-refractivity contribution in [2.24, 2.45) is 5.41 Å². The van der Waals surface area contributed by atoms with Crippen LogP contribution in [0, 0.1) is 11.2 Å². The molecule has 1 aromatic rings. The van der Waals surface area contributed by atoms with Crippen LogP contribution in [0.25, 0.3) is 0 Å². The number of unbranched alkanes of at least 4 members (excludes halogenated alkanes) is 1. The molecule has 1 N–H and O–H groups in total. The SMILES string of the molecule is CCCCC(CC)(CO)Cc1cc(F)cc(Br)c1. The lowest BCUT2D eigenvalue weighted by Crippen LogP contribution is -2.27. The Morgan fingerprint density at radius 2 is 2.00 bits per heavy atom. The summed E-state index contributed by atoms with van der Waals surface area (Å²) in [6.45, 7) is 4.41. The van der Waals surface area contributed by atoms with E-state index < -0.39 is 0 Å². The summed E-state index contributed by atoms with van der Waals surface area (Å²) in [4.78, 5) is 0. The van der Waals surface area contributed by atoms with Gasteiger partial charge in [0.15, 0.2) is 0 Å². The summed E-state index contributed by atoms with van der Waals surface area (Å²) in [6.07, 6.45) is 4.86. The molecule has 3 heteroatoms. The predicted molar refractivity (Wildman–Crippen MR) is 77.1 cm³/mol. The third-order valence-corrected chi connectivity index (χ3v) is 4.11. The van der Waals surface area contributed by atoms with Gasteiger partial charge in [0, 0.05) is 11.1 Å². The fraction of sp³-hybridized carbons (Fsp3) is 0.600. The minimum Gasteiger partial charge on any atom is -0.396 e. The molecule has 0 radical (unpaired) electrons. The van der Waals surface area contributed by atoms with Gasteiger partial charge in [0.25, 0.3) is 0 Å². The van der Waals surface area contributed by atoms with Crippen LogP contribution in [0.5, 0.6) is 0 Å². The molecule has 0 saturated carbocycles. The molecule has 0 spiro atoms. The smallest absolute Gasteiger partial charge is 0.124 e. The quantitative estimate of drug-likeness (QED) is 0.772. The van der Waals surface area contributed by atoms with Crippen molar-refractivity contribution in [1.82, 2.24) is 0 Å². The Morgan fingerprint density at radius 1 is 1.28 bits per heavy atom. The molecule has 0 amide bonds. The van der Waals surface area contributed by atoms with Gasteiger partial charge >= 0.3 is 0 Å². The highest BCUT2D eigenvalue weighted by Gasteiger charge is 2.27. The maximum atomic E-state index is 13.4. The van der Waals surface area contributed by atoms with Gasteiger partial charge in [-0.05, 0) is 48.4 Å². The summed E-state index contributed by atoms with van der Waals surface area (Å²) < 4.78 is 14.1. The van der Waals surface area contributed by atoms with Gasteiger partial charge in [-0.3, -0.25) is 0 Å². The highest BCUT2D eigenvalue weighted by atomic mass is 79.9. The summed E-state index contributed by atoms with van der Waals surface area (Å²) in [5.41, 5.74) is 0.845. The molecule has 1 unspecified atom stereocenters. The Kier molecular flexibility index (Phi) is 6.30. The Morgan fingerprint density at radius 3 is 2.50 bits per heavy atom. The number of halogens is 2. The number of hydrogen-bond acceptors (Lipinski definition) is 1. The zero-order valence-corrected chi connectivity index (χ0v) is 12.8. The highest BCUT2D eigenvalue weighted by molar-refractivity contribution is 9.10. The average Bonchev–Trinajstić information content (AvgIpc) is 2.33. The van der Waals surface area contributed by atoms with E-state index in [1.54, 1.807) is 6.07 Å². The van der Waals surface area contributed by atoms with Crippen LogP contribution in [0.15, 0.2) is 22.7 Å². The van der Waals surface area contributed by atoms with E-state index in [1.165, 1.54) is 6.07 Å². The molecule has 0 bridgehead atoms. The maximum Gasteiger partial charge on any atom is 0.124 e. The van der Waals surface area contributed by atoms with Gasteiger partial charge in [-0.2, -0.15) is 0 Å². The molecular formula is C15H22BrFO. The van der Waals surface area contributed by atoms with Crippen LogP contribution < -0.4 is 0 Å². The normalized spacial score (nSPS) is 14.5. The van der Waals surface area contributed by atoms with Gasteiger partial charge in [0.05, 0.1) is 0 Å². The zero-order valence-electron chi connectivity index (χ0n) is 11.2. The second kappa shape index (κ2) is 7.25. The molecule has 0 aliphatic carbocycles. The third kappa shape index (κ3) is 4.36. The lowest BCUT2D eigenvalue weighted by Gasteiger charge is -2.31. The van der Waals surface area contributed by atoms with E-state index in [0.717, 1.165) is 42.1 Å². The molecule has 0 heterocycles. The van der Waals surface area contributed by atoms with Gasteiger partial charge in [-0.1, -0.05) is 42.6 Å². The molecule has 18 heavy (non-hydrogen) atoms. The van der Waals surface area contributed by atoms with Crippen molar-refractivity contribution in [3.05, 3.63) is 34.1 Å². The Labute approximate surface area is 118 Å². The molecule has 0 aliphatic rings. The van der Waals surface area contributed by atoms with E-state index >= 15 is 0 Å². The standard InChI is InChI=1S/C15H22BrFO/c1-3-5-6-15(4-2,11-18)10-12-7-13(16)9-14(17)8-12/h7-9,18H,3-6,10-11H2,1-2H3. The number of hydrogen-bond donors (Lipinski definition) is 1. The first-order valence-electron chi connectivity index (χ1n) is 6.61. The fourth-order valence-corrected chi connectivity index (χ4v) is 2.85. The minimum absolute atomic E-state index is 0.108. The van der Waals surface area contributed by atoms with Crippen molar-refractivity contribution < 1.29 is 9.50 Å². The van der Waals surface area contributed by atoms with Gasteiger partial charge in [-0.15, -0.1) is 0 Å². The van der Waals surface area contributed by atoms with Gasteiger partial charge in [0.2, 0.25) is 0 Å². The van der Waals surface area contributed by atoms with Crippen molar-refractivity contribution >= 4 is 15.9 Å². The van der Waals surface area contributed by atoms with Crippen LogP contribution in [-0.4, -0.2) is 11.7 Å². The molecule has 1 nitrogen and oxygen atoms in total. The molecule has 0 saturated heterocycles. The van der Waals surface area contributed by atoms with Crippen molar-refractivity contribution in [2.75, 3.05) is 6.61 Å². The van der Waals surface area contributed by atoms with E-state index in [2.05, 4.69) is 29.8 Å². The third-order valence-electron chi connectivity index (χ3n) is 3.65. The van der Waals surface area contributed by atoms with Gasteiger partial charge in [-0.25, -0.2) is 4.39 Å². The van der Waals surface area contributed by atoms with Gasteiger partial charge < -0.3 is 5.11 Å². The highest BCUT2D eigenvalue weighted by Crippen LogP contribution is 2.33. The number of rotatable bonds is 7. The lowest BCUT2D eigenvalue weighted by molar-refractivity contribution is 0.107. The fourth-order valence-electron chi connectivity index (χ4n) is 2.33. The van der Waals surface area contributed by atoms with E-state index in [1.807, 2.05) is 6.07 Å². The first kappa shape index (κ1) is 15.6. The van der Waals surface area contributed by atoms with Crippen LogP contribution in [0.2, 0.25) is 0 Å². The molecule has 0 aliphatic heterocycles. The molecule has 102 valence electrons. The lowest BCUT2D eigenvalue weighted by atomic mass is 9.76. The number of aliphatic hydroxyl groups is 1. The number of aliphatic hydroxyl groups excluding tert-OH is 1. The summed E-state index contributed by atoms with van der Waals surface area (Å²) >= 11 is 3.31. The molecule has 1 rings (SSSR count). The van der Waals surface area contributed by atoms with E-state index in [4.69, 9.17) is 0 Å². The topological polar surface area (TPSA) is 20.2 Å². The Balaban J connectivity index is 2.88. The second-order valence-electron chi connectivity index (χ2n) is 5.07. The summed E-state index contributed by atoms with van der Waals surface area (Å²) in [7, 11) is 0. The summed E-state index contributed by atoms with van der Waals surface area (Å²) in [5.74, 6) is -0.224. The van der Waals surface area contributed by atoms with Gasteiger partial charge in [0.1, 0.15) is 5.82 Å². The molecular weight excluding hydrogens is 295 g/mol. The maximum absolute atomic E-state index is 13.4. The molecule has 1 aromatic carbocycles. The average molecular weight is 317 g/mol. The van der Waals surface area contributed by atoms with Crippen LogP contribution in [0.3, 0.4) is 0 Å². The van der Waals surface area contributed by atoms with Crippen LogP contribution in [-0.2, 0) is 6.42 Å². The van der Waals surface area contributed by atoms with E-state index in [9.17, 15) is 9.50 Å². The Bertz CT molecular complexity index is 355. The minimum atomic E-state index is -0.224. The van der Waals surface area contributed by atoms with Crippen molar-refractivity contribution in [2.45, 2.75) is 46.0 Å². The molecule has 0 fully saturated rings. The molecule has 1 atom stereocenters. The molecule has 0 aromatic heterocycles. The first-order valence-corrected chi connectivity index (χ1v) is 7.40.